The lowest BCUT2D eigenvalue weighted by Gasteiger charge is -2.33. The van der Waals surface area contributed by atoms with Crippen molar-refractivity contribution < 1.29 is 19.1 Å². The van der Waals surface area contributed by atoms with Crippen molar-refractivity contribution >= 4 is 11.8 Å². The summed E-state index contributed by atoms with van der Waals surface area (Å²) in [5, 5.41) is 2.90. The Morgan fingerprint density at radius 1 is 1.17 bits per heavy atom. The number of hydrogen-bond acceptors (Lipinski definition) is 5. The van der Waals surface area contributed by atoms with Crippen molar-refractivity contribution in [2.45, 2.75) is 44.4 Å². The number of rotatable bonds is 6. The second-order valence-corrected chi connectivity index (χ2v) is 7.72. The Kier molecular flexibility index (Phi) is 6.59. The molecule has 1 aromatic carbocycles. The average molecular weight is 409 g/mol. The van der Waals surface area contributed by atoms with Crippen LogP contribution in [0.15, 0.2) is 48.8 Å². The molecule has 0 bridgehead atoms. The maximum atomic E-state index is 12.5. The van der Waals surface area contributed by atoms with Gasteiger partial charge < -0.3 is 19.7 Å². The number of piperidine rings is 1. The van der Waals surface area contributed by atoms with Crippen molar-refractivity contribution in [3.63, 3.8) is 0 Å². The van der Waals surface area contributed by atoms with Crippen LogP contribution in [0.25, 0.3) is 0 Å². The number of benzene rings is 1. The van der Waals surface area contributed by atoms with Gasteiger partial charge in [0.2, 0.25) is 0 Å². The summed E-state index contributed by atoms with van der Waals surface area (Å²) in [6, 6.07) is 11.0. The summed E-state index contributed by atoms with van der Waals surface area (Å²) in [6.45, 7) is 2.46. The van der Waals surface area contributed by atoms with E-state index < -0.39 is 0 Å². The fourth-order valence-electron chi connectivity index (χ4n) is 3.86. The van der Waals surface area contributed by atoms with Crippen LogP contribution in [0.1, 0.15) is 41.6 Å². The van der Waals surface area contributed by atoms with Gasteiger partial charge in [0.1, 0.15) is 18.0 Å². The van der Waals surface area contributed by atoms with E-state index in [2.05, 4.69) is 10.3 Å². The molecule has 0 saturated carbocycles. The van der Waals surface area contributed by atoms with Crippen LogP contribution in [0.4, 0.5) is 0 Å². The topological polar surface area (TPSA) is 80.8 Å². The predicted octanol–water partition coefficient (Wildman–Crippen LogP) is 2.56. The fraction of sp³-hybridized carbons (Fsp3) is 0.435. The van der Waals surface area contributed by atoms with Gasteiger partial charge in [-0.2, -0.15) is 0 Å². The van der Waals surface area contributed by atoms with E-state index in [0.717, 1.165) is 31.2 Å². The van der Waals surface area contributed by atoms with Gasteiger partial charge in [-0.05, 0) is 42.7 Å². The van der Waals surface area contributed by atoms with Crippen molar-refractivity contribution in [3.05, 3.63) is 59.9 Å². The lowest BCUT2D eigenvalue weighted by molar-refractivity contribution is -0.142. The summed E-state index contributed by atoms with van der Waals surface area (Å²) in [5.74, 6) is 0.632. The molecule has 2 aromatic rings. The van der Waals surface area contributed by atoms with Crippen LogP contribution in [0.5, 0.6) is 5.75 Å². The number of carbonyl (C=O) groups is 2. The van der Waals surface area contributed by atoms with Crippen molar-refractivity contribution in [1.82, 2.24) is 15.2 Å². The second kappa shape index (κ2) is 9.71. The molecule has 7 nitrogen and oxygen atoms in total. The smallest absolute Gasteiger partial charge is 0.251 e. The number of likely N-dealkylation sites (tertiary alicyclic amines) is 1. The first-order valence-corrected chi connectivity index (χ1v) is 10.5. The van der Waals surface area contributed by atoms with Gasteiger partial charge in [0.25, 0.3) is 11.8 Å². The lowest BCUT2D eigenvalue weighted by atomic mass is 10.1. The molecule has 4 rings (SSSR count). The summed E-state index contributed by atoms with van der Waals surface area (Å²) < 4.78 is 11.6. The molecule has 158 valence electrons. The van der Waals surface area contributed by atoms with Gasteiger partial charge in [0.15, 0.2) is 0 Å². The lowest BCUT2D eigenvalue weighted by Crippen LogP contribution is -2.45. The Hall–Kier alpha value is -2.93. The summed E-state index contributed by atoms with van der Waals surface area (Å²) in [5.41, 5.74) is 1.50. The molecule has 7 heteroatoms. The monoisotopic (exact) mass is 409 g/mol. The quantitative estimate of drug-likeness (QED) is 0.793. The van der Waals surface area contributed by atoms with Crippen LogP contribution in [0.2, 0.25) is 0 Å². The van der Waals surface area contributed by atoms with Crippen LogP contribution >= 0.6 is 0 Å². The highest BCUT2D eigenvalue weighted by Crippen LogP contribution is 2.22. The van der Waals surface area contributed by atoms with Crippen LogP contribution < -0.4 is 10.1 Å². The Labute approximate surface area is 176 Å². The molecular formula is C23H27N3O4. The van der Waals surface area contributed by atoms with Crippen LogP contribution in [0, 0.1) is 0 Å². The maximum absolute atomic E-state index is 12.5. The highest BCUT2D eigenvalue weighted by Gasteiger charge is 2.31. The van der Waals surface area contributed by atoms with E-state index in [4.69, 9.17) is 9.47 Å². The average Bonchev–Trinajstić information content (AvgIpc) is 3.33. The molecule has 2 aliphatic heterocycles. The van der Waals surface area contributed by atoms with E-state index in [1.807, 2.05) is 29.2 Å². The number of carbonyl (C=O) groups excluding carboxylic acids is 2. The zero-order valence-electron chi connectivity index (χ0n) is 17.0. The van der Waals surface area contributed by atoms with Gasteiger partial charge in [-0.1, -0.05) is 12.1 Å². The summed E-state index contributed by atoms with van der Waals surface area (Å²) >= 11 is 0. The molecule has 1 aromatic heterocycles. The van der Waals surface area contributed by atoms with E-state index in [-0.39, 0.29) is 24.0 Å². The zero-order valence-corrected chi connectivity index (χ0v) is 17.0. The van der Waals surface area contributed by atoms with Crippen molar-refractivity contribution in [1.29, 1.82) is 0 Å². The number of hydrogen-bond donors (Lipinski definition) is 1. The van der Waals surface area contributed by atoms with E-state index in [9.17, 15) is 9.59 Å². The van der Waals surface area contributed by atoms with Crippen LogP contribution in [0.3, 0.4) is 0 Å². The third-order valence-corrected chi connectivity index (χ3v) is 5.53. The van der Waals surface area contributed by atoms with E-state index in [0.29, 0.717) is 37.6 Å². The van der Waals surface area contributed by atoms with E-state index in [1.165, 1.54) is 0 Å². The minimum Gasteiger partial charge on any atom is -0.490 e. The first kappa shape index (κ1) is 20.3. The molecule has 30 heavy (non-hydrogen) atoms. The molecule has 1 N–H and O–H groups in total. The normalized spacial score (nSPS) is 19.5. The molecule has 0 unspecified atom stereocenters. The van der Waals surface area contributed by atoms with Gasteiger partial charge in [-0.25, -0.2) is 0 Å². The molecule has 0 aliphatic carbocycles. The van der Waals surface area contributed by atoms with Gasteiger partial charge in [0.05, 0.1) is 0 Å². The molecule has 2 aliphatic rings. The molecule has 1 atom stereocenters. The van der Waals surface area contributed by atoms with Crippen molar-refractivity contribution in [3.8, 4) is 5.75 Å². The second-order valence-electron chi connectivity index (χ2n) is 7.72. The Balaban J connectivity index is 1.27. The predicted molar refractivity (Wildman–Crippen MR) is 111 cm³/mol. The molecule has 0 spiro atoms. The Morgan fingerprint density at radius 2 is 2.03 bits per heavy atom. The minimum atomic E-state index is -0.260. The first-order valence-electron chi connectivity index (χ1n) is 10.5. The number of nitrogens with zero attached hydrogens (tertiary/aromatic N) is 2. The summed E-state index contributed by atoms with van der Waals surface area (Å²) in [4.78, 5) is 30.9. The number of ether oxygens (including phenoxy) is 2. The zero-order chi connectivity index (χ0) is 20.8. The van der Waals surface area contributed by atoms with Gasteiger partial charge >= 0.3 is 0 Å². The summed E-state index contributed by atoms with van der Waals surface area (Å²) in [7, 11) is 0. The van der Waals surface area contributed by atoms with Gasteiger partial charge in [-0.3, -0.25) is 14.6 Å². The molecule has 2 saturated heterocycles. The van der Waals surface area contributed by atoms with Gasteiger partial charge in [-0.15, -0.1) is 0 Å². The number of nitrogens with one attached hydrogen (secondary N) is 1. The standard InChI is InChI=1S/C23H27N3O4/c27-22(25-16-17-4-2-10-24-15-17)18-5-1-6-20(14-18)30-19-8-11-26(12-9-19)23(28)21-7-3-13-29-21/h1-2,4-6,10,14-15,19,21H,3,7-9,11-13,16H2,(H,25,27)/t21-/m1/s1. The third-order valence-electron chi connectivity index (χ3n) is 5.53. The first-order chi connectivity index (χ1) is 14.7. The largest absolute Gasteiger partial charge is 0.490 e. The van der Waals surface area contributed by atoms with Crippen LogP contribution in [-0.2, 0) is 16.1 Å². The number of aromatic nitrogens is 1. The maximum Gasteiger partial charge on any atom is 0.251 e. The third kappa shape index (κ3) is 5.16. The van der Waals surface area contributed by atoms with Crippen molar-refractivity contribution in [2.24, 2.45) is 0 Å². The minimum absolute atomic E-state index is 0.0345. The summed E-state index contributed by atoms with van der Waals surface area (Å²) in [6.07, 6.45) is 6.54. The molecular weight excluding hydrogens is 382 g/mol. The Bertz CT molecular complexity index is 860. The SMILES string of the molecule is O=C(NCc1cccnc1)c1cccc(OC2CCN(C(=O)[C@H]3CCCO3)CC2)c1. The molecule has 3 heterocycles. The number of amides is 2. The Morgan fingerprint density at radius 3 is 2.77 bits per heavy atom. The molecule has 2 fully saturated rings. The fourth-order valence-corrected chi connectivity index (χ4v) is 3.86. The highest BCUT2D eigenvalue weighted by molar-refractivity contribution is 5.94. The highest BCUT2D eigenvalue weighted by atomic mass is 16.5. The molecule has 0 radical (unpaired) electrons. The van der Waals surface area contributed by atoms with Crippen LogP contribution in [-0.4, -0.2) is 53.6 Å². The van der Waals surface area contributed by atoms with E-state index >= 15 is 0 Å². The van der Waals surface area contributed by atoms with E-state index in [1.54, 1.807) is 24.5 Å². The molecule has 2 amide bonds. The van der Waals surface area contributed by atoms with Crippen molar-refractivity contribution in [2.75, 3.05) is 19.7 Å². The number of pyridine rings is 1. The van der Waals surface area contributed by atoms with Gasteiger partial charge in [0, 0.05) is 57.0 Å².